The Hall–Kier alpha value is -2.63. The SMILES string of the molecule is CCc1[nH]c2c(CNC(=O)C3=NNC(=O)CC3)cc(C)cc2c1C. The molecule has 0 fully saturated rings. The predicted molar refractivity (Wildman–Crippen MR) is 93.8 cm³/mol. The first kappa shape index (κ1) is 16.2. The average Bonchev–Trinajstić information content (AvgIpc) is 2.89. The molecule has 1 aliphatic rings. The van der Waals surface area contributed by atoms with Gasteiger partial charge in [0.05, 0.1) is 5.52 Å². The smallest absolute Gasteiger partial charge is 0.267 e. The fourth-order valence-corrected chi connectivity index (χ4v) is 3.12. The summed E-state index contributed by atoms with van der Waals surface area (Å²) in [4.78, 5) is 26.8. The Balaban J connectivity index is 1.82. The number of amides is 2. The zero-order chi connectivity index (χ0) is 17.3. The Kier molecular flexibility index (Phi) is 4.38. The molecule has 0 saturated heterocycles. The highest BCUT2D eigenvalue weighted by Gasteiger charge is 2.18. The van der Waals surface area contributed by atoms with Crippen molar-refractivity contribution >= 4 is 28.4 Å². The van der Waals surface area contributed by atoms with Crippen molar-refractivity contribution in [2.24, 2.45) is 5.10 Å². The van der Waals surface area contributed by atoms with Gasteiger partial charge in [0.25, 0.3) is 5.91 Å². The maximum absolute atomic E-state index is 12.2. The number of H-pyrrole nitrogens is 1. The number of hydrogen-bond acceptors (Lipinski definition) is 3. The van der Waals surface area contributed by atoms with Crippen molar-refractivity contribution in [3.63, 3.8) is 0 Å². The predicted octanol–water partition coefficient (Wildman–Crippen LogP) is 2.23. The van der Waals surface area contributed by atoms with Crippen molar-refractivity contribution in [2.45, 2.75) is 46.6 Å². The van der Waals surface area contributed by atoms with E-state index in [0.717, 1.165) is 17.5 Å². The lowest BCUT2D eigenvalue weighted by Crippen LogP contribution is -2.36. The molecule has 2 amide bonds. The van der Waals surface area contributed by atoms with Crippen LogP contribution in [0.5, 0.6) is 0 Å². The molecular formula is C18H22N4O2. The van der Waals surface area contributed by atoms with Crippen LogP contribution in [0.1, 0.15) is 42.1 Å². The summed E-state index contributed by atoms with van der Waals surface area (Å²) in [6, 6.07) is 4.26. The fourth-order valence-electron chi connectivity index (χ4n) is 3.12. The van der Waals surface area contributed by atoms with E-state index >= 15 is 0 Å². The van der Waals surface area contributed by atoms with Crippen LogP contribution in [0.4, 0.5) is 0 Å². The molecule has 0 aliphatic carbocycles. The average molecular weight is 326 g/mol. The molecule has 3 N–H and O–H groups in total. The normalized spacial score (nSPS) is 14.5. The Morgan fingerprint density at radius 2 is 2.08 bits per heavy atom. The maximum atomic E-state index is 12.2. The van der Waals surface area contributed by atoms with Gasteiger partial charge in [-0.2, -0.15) is 5.10 Å². The van der Waals surface area contributed by atoms with Gasteiger partial charge < -0.3 is 10.3 Å². The van der Waals surface area contributed by atoms with Crippen molar-refractivity contribution in [2.75, 3.05) is 0 Å². The quantitative estimate of drug-likeness (QED) is 0.804. The molecule has 0 saturated carbocycles. The molecule has 24 heavy (non-hydrogen) atoms. The van der Waals surface area contributed by atoms with Gasteiger partial charge >= 0.3 is 0 Å². The van der Waals surface area contributed by atoms with Crippen molar-refractivity contribution in [3.05, 3.63) is 34.5 Å². The minimum Gasteiger partial charge on any atom is -0.358 e. The lowest BCUT2D eigenvalue weighted by atomic mass is 10.0. The second kappa shape index (κ2) is 6.47. The Labute approximate surface area is 140 Å². The van der Waals surface area contributed by atoms with Gasteiger partial charge in [0.15, 0.2) is 0 Å². The van der Waals surface area contributed by atoms with Crippen LogP contribution in [-0.4, -0.2) is 22.5 Å². The number of hydrogen-bond donors (Lipinski definition) is 3. The van der Waals surface area contributed by atoms with E-state index in [9.17, 15) is 9.59 Å². The van der Waals surface area contributed by atoms with E-state index in [1.807, 2.05) is 0 Å². The first-order chi connectivity index (χ1) is 11.5. The molecule has 0 bridgehead atoms. The number of rotatable bonds is 4. The van der Waals surface area contributed by atoms with Gasteiger partial charge in [-0.3, -0.25) is 9.59 Å². The highest BCUT2D eigenvalue weighted by Crippen LogP contribution is 2.26. The molecule has 6 nitrogen and oxygen atoms in total. The maximum Gasteiger partial charge on any atom is 0.267 e. The Bertz CT molecular complexity index is 848. The van der Waals surface area contributed by atoms with Gasteiger partial charge in [-0.25, -0.2) is 5.43 Å². The number of aromatic nitrogens is 1. The number of nitrogens with one attached hydrogen (secondary N) is 3. The molecule has 2 aromatic rings. The third-order valence-corrected chi connectivity index (χ3v) is 4.46. The van der Waals surface area contributed by atoms with Crippen molar-refractivity contribution in [3.8, 4) is 0 Å². The fraction of sp³-hybridized carbons (Fsp3) is 0.389. The molecule has 0 unspecified atom stereocenters. The number of hydrazone groups is 1. The molecule has 6 heteroatoms. The van der Waals surface area contributed by atoms with E-state index in [-0.39, 0.29) is 11.8 Å². The molecule has 1 aromatic carbocycles. The third kappa shape index (κ3) is 3.04. The molecule has 0 spiro atoms. The summed E-state index contributed by atoms with van der Waals surface area (Å²) in [6.45, 7) is 6.73. The second-order valence-electron chi connectivity index (χ2n) is 6.20. The lowest BCUT2D eigenvalue weighted by Gasteiger charge is -2.12. The van der Waals surface area contributed by atoms with Crippen LogP contribution in [0.25, 0.3) is 10.9 Å². The van der Waals surface area contributed by atoms with Crippen LogP contribution in [0.2, 0.25) is 0 Å². The zero-order valence-corrected chi connectivity index (χ0v) is 14.2. The first-order valence-electron chi connectivity index (χ1n) is 8.24. The number of fused-ring (bicyclic) bond motifs is 1. The van der Waals surface area contributed by atoms with Crippen molar-refractivity contribution < 1.29 is 9.59 Å². The Morgan fingerprint density at radius 1 is 1.29 bits per heavy atom. The molecule has 1 aromatic heterocycles. The summed E-state index contributed by atoms with van der Waals surface area (Å²) in [7, 11) is 0. The number of carbonyl (C=O) groups excluding carboxylic acids is 2. The summed E-state index contributed by atoms with van der Waals surface area (Å²) < 4.78 is 0. The molecular weight excluding hydrogens is 304 g/mol. The third-order valence-electron chi connectivity index (χ3n) is 4.46. The largest absolute Gasteiger partial charge is 0.358 e. The van der Waals surface area contributed by atoms with Crippen molar-refractivity contribution in [1.82, 2.24) is 15.7 Å². The highest BCUT2D eigenvalue weighted by molar-refractivity contribution is 6.39. The summed E-state index contributed by atoms with van der Waals surface area (Å²) in [5, 5.41) is 7.95. The van der Waals surface area contributed by atoms with Crippen molar-refractivity contribution in [1.29, 1.82) is 0 Å². The van der Waals surface area contributed by atoms with Crippen LogP contribution < -0.4 is 10.7 Å². The number of nitrogens with zero attached hydrogens (tertiary/aromatic N) is 1. The number of benzene rings is 1. The number of aromatic amines is 1. The molecule has 0 radical (unpaired) electrons. The molecule has 0 atom stereocenters. The van der Waals surface area contributed by atoms with Gasteiger partial charge in [0.1, 0.15) is 5.71 Å². The van der Waals surface area contributed by atoms with Crippen LogP contribution in [0.3, 0.4) is 0 Å². The minimum atomic E-state index is -0.233. The monoisotopic (exact) mass is 326 g/mol. The van der Waals surface area contributed by atoms with E-state index in [1.54, 1.807) is 0 Å². The highest BCUT2D eigenvalue weighted by atomic mass is 16.2. The second-order valence-corrected chi connectivity index (χ2v) is 6.20. The summed E-state index contributed by atoms with van der Waals surface area (Å²) in [5.41, 5.74) is 8.51. The Morgan fingerprint density at radius 3 is 2.75 bits per heavy atom. The number of carbonyl (C=O) groups is 2. The lowest BCUT2D eigenvalue weighted by molar-refractivity contribution is -0.121. The van der Waals surface area contributed by atoms with Crippen LogP contribution in [0, 0.1) is 13.8 Å². The van der Waals surface area contributed by atoms with Gasteiger partial charge in [-0.05, 0) is 37.5 Å². The number of aryl methyl sites for hydroxylation is 3. The molecule has 3 rings (SSSR count). The van der Waals surface area contributed by atoms with E-state index in [2.05, 4.69) is 53.7 Å². The van der Waals surface area contributed by atoms with E-state index in [1.165, 1.54) is 22.2 Å². The van der Waals surface area contributed by atoms with E-state index < -0.39 is 0 Å². The van der Waals surface area contributed by atoms with Crippen LogP contribution in [0.15, 0.2) is 17.2 Å². The molecule has 2 heterocycles. The topological polar surface area (TPSA) is 86.3 Å². The van der Waals surface area contributed by atoms with Gasteiger partial charge in [0.2, 0.25) is 5.91 Å². The van der Waals surface area contributed by atoms with Gasteiger partial charge in [0, 0.05) is 30.5 Å². The van der Waals surface area contributed by atoms with E-state index in [4.69, 9.17) is 0 Å². The zero-order valence-electron chi connectivity index (χ0n) is 14.2. The molecule has 126 valence electrons. The van der Waals surface area contributed by atoms with Crippen LogP contribution >= 0.6 is 0 Å². The standard InChI is InChI=1S/C18H22N4O2/c1-4-14-11(3)13-8-10(2)7-12(17(13)20-14)9-19-18(24)15-5-6-16(23)22-21-15/h7-8,20H,4-6,9H2,1-3H3,(H,19,24)(H,22,23). The summed E-state index contributed by atoms with van der Waals surface area (Å²) in [5.74, 6) is -0.385. The molecule has 1 aliphatic heterocycles. The summed E-state index contributed by atoms with van der Waals surface area (Å²) >= 11 is 0. The van der Waals surface area contributed by atoms with Gasteiger partial charge in [-0.15, -0.1) is 0 Å². The first-order valence-corrected chi connectivity index (χ1v) is 8.24. The van der Waals surface area contributed by atoms with Crippen LogP contribution in [-0.2, 0) is 22.6 Å². The summed E-state index contributed by atoms with van der Waals surface area (Å²) in [6.07, 6.45) is 1.63. The minimum absolute atomic E-state index is 0.152. The van der Waals surface area contributed by atoms with E-state index in [0.29, 0.717) is 25.1 Å². The van der Waals surface area contributed by atoms with Gasteiger partial charge in [-0.1, -0.05) is 18.6 Å².